The molecule has 0 saturated carbocycles. The molecule has 3 aromatic rings. The van der Waals surface area contributed by atoms with E-state index in [1.807, 2.05) is 13.0 Å². The standard InChI is InChI=1S/C18H17N3O2/c1-2-23-16-9-8-15(14-7-4-10-20-17(14)16)18(22)21-13-6-3-5-12(19)11-13/h3-11H,2,19H2,1H3,(H,21,22). The van der Waals surface area contributed by atoms with E-state index in [1.165, 1.54) is 0 Å². The summed E-state index contributed by atoms with van der Waals surface area (Å²) in [7, 11) is 0. The number of anilines is 2. The number of fused-ring (bicyclic) bond motifs is 1. The number of hydrogen-bond acceptors (Lipinski definition) is 4. The molecule has 0 spiro atoms. The van der Waals surface area contributed by atoms with Crippen LogP contribution in [-0.4, -0.2) is 17.5 Å². The summed E-state index contributed by atoms with van der Waals surface area (Å²) in [6.07, 6.45) is 1.68. The number of carbonyl (C=O) groups excluding carboxylic acids is 1. The zero-order valence-electron chi connectivity index (χ0n) is 12.7. The first kappa shape index (κ1) is 14.8. The summed E-state index contributed by atoms with van der Waals surface area (Å²) in [6.45, 7) is 2.45. The highest BCUT2D eigenvalue weighted by Gasteiger charge is 2.14. The largest absolute Gasteiger partial charge is 0.492 e. The van der Waals surface area contributed by atoms with E-state index in [0.29, 0.717) is 34.8 Å². The molecule has 116 valence electrons. The fraction of sp³-hybridized carbons (Fsp3) is 0.111. The lowest BCUT2D eigenvalue weighted by molar-refractivity contribution is 0.102. The molecule has 1 aromatic heterocycles. The van der Waals surface area contributed by atoms with E-state index >= 15 is 0 Å². The molecule has 3 rings (SSSR count). The van der Waals surface area contributed by atoms with Crippen molar-refractivity contribution in [3.63, 3.8) is 0 Å². The lowest BCUT2D eigenvalue weighted by atomic mass is 10.1. The van der Waals surface area contributed by atoms with Crippen LogP contribution in [-0.2, 0) is 0 Å². The molecule has 0 aliphatic carbocycles. The van der Waals surface area contributed by atoms with Gasteiger partial charge in [0.25, 0.3) is 5.91 Å². The first-order chi connectivity index (χ1) is 11.2. The molecule has 0 saturated heterocycles. The third kappa shape index (κ3) is 3.08. The van der Waals surface area contributed by atoms with Crippen LogP contribution in [0.25, 0.3) is 10.9 Å². The highest BCUT2D eigenvalue weighted by Crippen LogP contribution is 2.27. The Kier molecular flexibility index (Phi) is 4.10. The Hall–Kier alpha value is -3.08. The van der Waals surface area contributed by atoms with Gasteiger partial charge in [-0.05, 0) is 43.3 Å². The van der Waals surface area contributed by atoms with Crippen molar-refractivity contribution in [2.75, 3.05) is 17.7 Å². The highest BCUT2D eigenvalue weighted by molar-refractivity contribution is 6.13. The third-order valence-electron chi connectivity index (χ3n) is 3.42. The molecule has 23 heavy (non-hydrogen) atoms. The molecular formula is C18H17N3O2. The van der Waals surface area contributed by atoms with Gasteiger partial charge < -0.3 is 15.8 Å². The van der Waals surface area contributed by atoms with E-state index in [4.69, 9.17) is 10.5 Å². The number of hydrogen-bond donors (Lipinski definition) is 2. The topological polar surface area (TPSA) is 77.2 Å². The van der Waals surface area contributed by atoms with E-state index in [1.54, 1.807) is 48.7 Å². The summed E-state index contributed by atoms with van der Waals surface area (Å²) in [4.78, 5) is 16.9. The van der Waals surface area contributed by atoms with Crippen LogP contribution in [0.15, 0.2) is 54.7 Å². The molecule has 3 N–H and O–H groups in total. The fourth-order valence-electron chi connectivity index (χ4n) is 2.43. The lowest BCUT2D eigenvalue weighted by Crippen LogP contribution is -2.13. The summed E-state index contributed by atoms with van der Waals surface area (Å²) in [6, 6.07) is 14.3. The average Bonchev–Trinajstić information content (AvgIpc) is 2.55. The molecule has 0 unspecified atom stereocenters. The zero-order chi connectivity index (χ0) is 16.2. The smallest absolute Gasteiger partial charge is 0.256 e. The summed E-state index contributed by atoms with van der Waals surface area (Å²) < 4.78 is 5.58. The maximum Gasteiger partial charge on any atom is 0.256 e. The molecule has 5 nitrogen and oxygen atoms in total. The molecule has 2 aromatic carbocycles. The van der Waals surface area contributed by atoms with Crippen molar-refractivity contribution in [2.45, 2.75) is 6.92 Å². The lowest BCUT2D eigenvalue weighted by Gasteiger charge is -2.11. The molecule has 0 aliphatic heterocycles. The number of aromatic nitrogens is 1. The number of ether oxygens (including phenoxy) is 1. The Morgan fingerprint density at radius 1 is 1.22 bits per heavy atom. The van der Waals surface area contributed by atoms with E-state index in [0.717, 1.165) is 5.39 Å². The molecular weight excluding hydrogens is 290 g/mol. The monoisotopic (exact) mass is 307 g/mol. The molecule has 0 fully saturated rings. The quantitative estimate of drug-likeness (QED) is 0.724. The van der Waals surface area contributed by atoms with Crippen LogP contribution in [0.5, 0.6) is 5.75 Å². The second kappa shape index (κ2) is 6.36. The molecule has 0 atom stereocenters. The molecule has 5 heteroatoms. The maximum atomic E-state index is 12.6. The van der Waals surface area contributed by atoms with Crippen LogP contribution in [0.2, 0.25) is 0 Å². The number of benzene rings is 2. The van der Waals surface area contributed by atoms with Gasteiger partial charge >= 0.3 is 0 Å². The first-order valence-electron chi connectivity index (χ1n) is 7.36. The summed E-state index contributed by atoms with van der Waals surface area (Å²) >= 11 is 0. The Morgan fingerprint density at radius 2 is 2.09 bits per heavy atom. The third-order valence-corrected chi connectivity index (χ3v) is 3.42. The molecule has 0 radical (unpaired) electrons. The minimum Gasteiger partial charge on any atom is -0.492 e. The molecule has 1 amide bonds. The summed E-state index contributed by atoms with van der Waals surface area (Å²) in [5, 5.41) is 3.60. The normalized spacial score (nSPS) is 10.5. The van der Waals surface area contributed by atoms with E-state index < -0.39 is 0 Å². The number of carbonyl (C=O) groups is 1. The first-order valence-corrected chi connectivity index (χ1v) is 7.36. The van der Waals surface area contributed by atoms with Crippen molar-refractivity contribution >= 4 is 28.2 Å². The number of nitrogen functional groups attached to an aromatic ring is 1. The van der Waals surface area contributed by atoms with Crippen LogP contribution in [0, 0.1) is 0 Å². The van der Waals surface area contributed by atoms with E-state index in [-0.39, 0.29) is 5.91 Å². The van der Waals surface area contributed by atoms with Gasteiger partial charge in [-0.1, -0.05) is 12.1 Å². The Morgan fingerprint density at radius 3 is 2.87 bits per heavy atom. The van der Waals surface area contributed by atoms with Crippen molar-refractivity contribution in [1.29, 1.82) is 0 Å². The SMILES string of the molecule is CCOc1ccc(C(=O)Nc2cccc(N)c2)c2cccnc12. The van der Waals surface area contributed by atoms with Crippen molar-refractivity contribution in [3.8, 4) is 5.75 Å². The molecule has 0 aliphatic rings. The number of pyridine rings is 1. The minimum atomic E-state index is -0.211. The van der Waals surface area contributed by atoms with Gasteiger partial charge in [0, 0.05) is 28.5 Å². The molecule has 1 heterocycles. The van der Waals surface area contributed by atoms with Crippen molar-refractivity contribution in [2.24, 2.45) is 0 Å². The van der Waals surface area contributed by atoms with Gasteiger partial charge in [0.15, 0.2) is 0 Å². The Bertz CT molecular complexity index is 862. The number of nitrogens with two attached hydrogens (primary N) is 1. The maximum absolute atomic E-state index is 12.6. The molecule has 0 bridgehead atoms. The van der Waals surface area contributed by atoms with E-state index in [9.17, 15) is 4.79 Å². The number of rotatable bonds is 4. The summed E-state index contributed by atoms with van der Waals surface area (Å²) in [5.74, 6) is 0.459. The predicted octanol–water partition coefficient (Wildman–Crippen LogP) is 3.47. The second-order valence-electron chi connectivity index (χ2n) is 5.02. The van der Waals surface area contributed by atoms with Gasteiger partial charge in [0.2, 0.25) is 0 Å². The fourth-order valence-corrected chi connectivity index (χ4v) is 2.43. The van der Waals surface area contributed by atoms with Crippen LogP contribution in [0.4, 0.5) is 11.4 Å². The van der Waals surface area contributed by atoms with Crippen molar-refractivity contribution in [3.05, 3.63) is 60.3 Å². The van der Waals surface area contributed by atoms with Gasteiger partial charge in [-0.3, -0.25) is 9.78 Å². The van der Waals surface area contributed by atoms with Crippen LogP contribution < -0.4 is 15.8 Å². The zero-order valence-corrected chi connectivity index (χ0v) is 12.7. The number of nitrogens with zero attached hydrogens (tertiary/aromatic N) is 1. The van der Waals surface area contributed by atoms with Crippen LogP contribution in [0.3, 0.4) is 0 Å². The number of nitrogens with one attached hydrogen (secondary N) is 1. The van der Waals surface area contributed by atoms with Crippen molar-refractivity contribution in [1.82, 2.24) is 4.98 Å². The van der Waals surface area contributed by atoms with E-state index in [2.05, 4.69) is 10.3 Å². The van der Waals surface area contributed by atoms with Gasteiger partial charge in [-0.25, -0.2) is 0 Å². The highest BCUT2D eigenvalue weighted by atomic mass is 16.5. The Balaban J connectivity index is 1.99. The van der Waals surface area contributed by atoms with Crippen LogP contribution in [0.1, 0.15) is 17.3 Å². The van der Waals surface area contributed by atoms with Crippen molar-refractivity contribution < 1.29 is 9.53 Å². The average molecular weight is 307 g/mol. The Labute approximate surface area is 134 Å². The van der Waals surface area contributed by atoms with Gasteiger partial charge in [-0.15, -0.1) is 0 Å². The van der Waals surface area contributed by atoms with Gasteiger partial charge in [0.1, 0.15) is 11.3 Å². The summed E-state index contributed by atoms with van der Waals surface area (Å²) in [5.41, 5.74) is 8.21. The second-order valence-corrected chi connectivity index (χ2v) is 5.02. The van der Waals surface area contributed by atoms with Gasteiger partial charge in [-0.2, -0.15) is 0 Å². The van der Waals surface area contributed by atoms with Gasteiger partial charge in [0.05, 0.1) is 6.61 Å². The number of amides is 1. The minimum absolute atomic E-state index is 0.211. The predicted molar refractivity (Wildman–Crippen MR) is 91.7 cm³/mol. The van der Waals surface area contributed by atoms with Crippen LogP contribution >= 0.6 is 0 Å².